The Kier molecular flexibility index (Phi) is 6.92. The molecule has 3 aromatic heterocycles. The summed E-state index contributed by atoms with van der Waals surface area (Å²) in [6.07, 6.45) is -3.51. The number of benzene rings is 1. The van der Waals surface area contributed by atoms with Crippen molar-refractivity contribution in [1.29, 1.82) is 0 Å². The zero-order valence-corrected chi connectivity index (χ0v) is 19.6. The second-order valence-electron chi connectivity index (χ2n) is 7.53. The van der Waals surface area contributed by atoms with E-state index in [1.807, 2.05) is 6.92 Å². The van der Waals surface area contributed by atoms with Crippen molar-refractivity contribution < 1.29 is 17.9 Å². The van der Waals surface area contributed by atoms with Gasteiger partial charge in [0, 0.05) is 29.7 Å². The lowest BCUT2D eigenvalue weighted by Gasteiger charge is -2.08. The van der Waals surface area contributed by atoms with Crippen LogP contribution in [0.25, 0.3) is 17.2 Å². The van der Waals surface area contributed by atoms with Crippen LogP contribution in [0.2, 0.25) is 5.02 Å². The van der Waals surface area contributed by atoms with Gasteiger partial charge in [0.2, 0.25) is 0 Å². The molecule has 35 heavy (non-hydrogen) atoms. The van der Waals surface area contributed by atoms with Crippen LogP contribution in [-0.2, 0) is 19.5 Å². The summed E-state index contributed by atoms with van der Waals surface area (Å²) in [7, 11) is 1.51. The van der Waals surface area contributed by atoms with Crippen LogP contribution in [0.5, 0.6) is 5.75 Å². The van der Waals surface area contributed by atoms with Gasteiger partial charge in [-0.1, -0.05) is 18.5 Å². The third kappa shape index (κ3) is 5.37. The number of pyridine rings is 1. The highest BCUT2D eigenvalue weighted by Gasteiger charge is 2.28. The maximum atomic E-state index is 13.1. The molecule has 0 bridgehead atoms. The third-order valence-electron chi connectivity index (χ3n) is 5.14. The Hall–Kier alpha value is -3.67. The van der Waals surface area contributed by atoms with Gasteiger partial charge in [0.25, 0.3) is 0 Å². The molecule has 4 aromatic rings. The molecule has 0 radical (unpaired) electrons. The lowest BCUT2D eigenvalue weighted by molar-refractivity contribution is -0.136. The standard InChI is InChI=1S/C22H21ClF3N7O2/c1-3-18-28-17(29-33(18)20-16(35-2)5-4-11-27-20)13-32-21(34)31(12-10-22(24,25)26)19(30-32)14-6-8-15(23)9-7-14/h4-9,11H,3,10,12-13H2,1-2H3. The van der Waals surface area contributed by atoms with E-state index in [-0.39, 0.29) is 18.2 Å². The fraction of sp³-hybridized carbons (Fsp3) is 0.318. The quantitative estimate of drug-likeness (QED) is 0.359. The Balaban J connectivity index is 1.73. The molecule has 13 heteroatoms. The van der Waals surface area contributed by atoms with Gasteiger partial charge in [-0.05, 0) is 36.4 Å². The van der Waals surface area contributed by atoms with Crippen LogP contribution in [0.15, 0.2) is 47.4 Å². The zero-order chi connectivity index (χ0) is 25.2. The van der Waals surface area contributed by atoms with E-state index in [0.29, 0.717) is 34.4 Å². The summed E-state index contributed by atoms with van der Waals surface area (Å²) in [5, 5.41) is 9.21. The van der Waals surface area contributed by atoms with Gasteiger partial charge in [0.1, 0.15) is 12.4 Å². The summed E-state index contributed by atoms with van der Waals surface area (Å²) in [6.45, 7) is 1.16. The largest absolute Gasteiger partial charge is 0.493 e. The molecule has 4 rings (SSSR count). The first-order valence-corrected chi connectivity index (χ1v) is 11.0. The van der Waals surface area contributed by atoms with Crippen molar-refractivity contribution >= 4 is 11.6 Å². The molecule has 9 nitrogen and oxygen atoms in total. The minimum absolute atomic E-state index is 0.0949. The predicted octanol–water partition coefficient (Wildman–Crippen LogP) is 3.91. The molecule has 0 saturated carbocycles. The van der Waals surface area contributed by atoms with Crippen LogP contribution in [0.1, 0.15) is 25.0 Å². The second kappa shape index (κ2) is 9.90. The van der Waals surface area contributed by atoms with Gasteiger partial charge in [-0.2, -0.15) is 17.9 Å². The summed E-state index contributed by atoms with van der Waals surface area (Å²) < 4.78 is 47.7. The average molecular weight is 508 g/mol. The fourth-order valence-electron chi connectivity index (χ4n) is 3.49. The first kappa shape index (κ1) is 24.5. The van der Waals surface area contributed by atoms with Crippen molar-refractivity contribution in [1.82, 2.24) is 34.1 Å². The van der Waals surface area contributed by atoms with Crippen molar-refractivity contribution in [2.75, 3.05) is 7.11 Å². The van der Waals surface area contributed by atoms with E-state index in [4.69, 9.17) is 16.3 Å². The number of ether oxygens (including phenoxy) is 1. The Labute approximate surface area is 202 Å². The van der Waals surface area contributed by atoms with Crippen LogP contribution in [-0.4, -0.2) is 47.4 Å². The number of aromatic nitrogens is 7. The maximum absolute atomic E-state index is 13.1. The number of aryl methyl sites for hydroxylation is 1. The SMILES string of the molecule is CCc1nc(Cn2nc(-c3ccc(Cl)cc3)n(CCC(F)(F)F)c2=O)nn1-c1ncccc1OC. The number of rotatable bonds is 8. The van der Waals surface area contributed by atoms with E-state index < -0.39 is 24.8 Å². The van der Waals surface area contributed by atoms with E-state index in [1.165, 1.54) is 11.8 Å². The number of nitrogens with zero attached hydrogens (tertiary/aromatic N) is 7. The normalized spacial score (nSPS) is 11.7. The molecular formula is C22H21ClF3N7O2. The summed E-state index contributed by atoms with van der Waals surface area (Å²) in [6, 6.07) is 9.78. The topological polar surface area (TPSA) is 92.7 Å². The second-order valence-corrected chi connectivity index (χ2v) is 7.96. The van der Waals surface area contributed by atoms with Gasteiger partial charge in [-0.25, -0.2) is 19.4 Å². The van der Waals surface area contributed by atoms with Crippen molar-refractivity contribution in [3.8, 4) is 23.0 Å². The molecule has 0 atom stereocenters. The molecule has 0 aliphatic rings. The minimum Gasteiger partial charge on any atom is -0.493 e. The Bertz CT molecular complexity index is 1380. The molecule has 3 heterocycles. The maximum Gasteiger partial charge on any atom is 0.390 e. The Morgan fingerprint density at radius 1 is 1.11 bits per heavy atom. The van der Waals surface area contributed by atoms with Gasteiger partial charge in [0.05, 0.1) is 13.5 Å². The highest BCUT2D eigenvalue weighted by Crippen LogP contribution is 2.24. The number of alkyl halides is 3. The number of methoxy groups -OCH3 is 1. The summed E-state index contributed by atoms with van der Waals surface area (Å²) >= 11 is 5.93. The first-order valence-electron chi connectivity index (χ1n) is 10.6. The Morgan fingerprint density at radius 2 is 1.86 bits per heavy atom. The third-order valence-corrected chi connectivity index (χ3v) is 5.39. The highest BCUT2D eigenvalue weighted by molar-refractivity contribution is 6.30. The van der Waals surface area contributed by atoms with Gasteiger partial charge in [-0.3, -0.25) is 4.57 Å². The number of hydrogen-bond donors (Lipinski definition) is 0. The van der Waals surface area contributed by atoms with Crippen molar-refractivity contribution in [3.05, 3.63) is 69.8 Å². The molecule has 0 saturated heterocycles. The van der Waals surface area contributed by atoms with E-state index in [0.717, 1.165) is 9.25 Å². The minimum atomic E-state index is -4.43. The van der Waals surface area contributed by atoms with E-state index >= 15 is 0 Å². The van der Waals surface area contributed by atoms with E-state index in [2.05, 4.69) is 20.2 Å². The summed E-state index contributed by atoms with van der Waals surface area (Å²) in [5.41, 5.74) is -0.248. The molecule has 0 aliphatic heterocycles. The van der Waals surface area contributed by atoms with E-state index in [1.54, 1.807) is 42.6 Å². The molecule has 0 N–H and O–H groups in total. The van der Waals surface area contributed by atoms with Gasteiger partial charge in [0.15, 0.2) is 23.2 Å². The first-order chi connectivity index (χ1) is 16.7. The summed E-state index contributed by atoms with van der Waals surface area (Å²) in [4.78, 5) is 21.8. The van der Waals surface area contributed by atoms with Crippen LogP contribution in [0.4, 0.5) is 13.2 Å². The molecule has 0 spiro atoms. The molecule has 0 unspecified atom stereocenters. The van der Waals surface area contributed by atoms with Crippen LogP contribution in [0, 0.1) is 0 Å². The fourth-order valence-corrected chi connectivity index (χ4v) is 3.61. The van der Waals surface area contributed by atoms with E-state index in [9.17, 15) is 18.0 Å². The smallest absolute Gasteiger partial charge is 0.390 e. The van der Waals surface area contributed by atoms with Gasteiger partial charge >= 0.3 is 11.9 Å². The van der Waals surface area contributed by atoms with Crippen LogP contribution >= 0.6 is 11.6 Å². The van der Waals surface area contributed by atoms with Crippen molar-refractivity contribution in [3.63, 3.8) is 0 Å². The molecule has 0 amide bonds. The zero-order valence-electron chi connectivity index (χ0n) is 18.8. The Morgan fingerprint density at radius 3 is 2.51 bits per heavy atom. The molecule has 0 fully saturated rings. The number of hydrogen-bond acceptors (Lipinski definition) is 6. The van der Waals surface area contributed by atoms with Gasteiger partial charge < -0.3 is 4.74 Å². The predicted molar refractivity (Wildman–Crippen MR) is 122 cm³/mol. The number of halogens is 4. The lowest BCUT2D eigenvalue weighted by atomic mass is 10.2. The average Bonchev–Trinajstić information content (AvgIpc) is 3.38. The van der Waals surface area contributed by atoms with Crippen molar-refractivity contribution in [2.24, 2.45) is 0 Å². The molecule has 1 aromatic carbocycles. The molecule has 184 valence electrons. The lowest BCUT2D eigenvalue weighted by Crippen LogP contribution is -2.27. The van der Waals surface area contributed by atoms with Gasteiger partial charge in [-0.15, -0.1) is 10.2 Å². The summed E-state index contributed by atoms with van der Waals surface area (Å²) in [5.74, 6) is 1.82. The molecule has 0 aliphatic carbocycles. The highest BCUT2D eigenvalue weighted by atomic mass is 35.5. The molecular weight excluding hydrogens is 487 g/mol. The van der Waals surface area contributed by atoms with Crippen LogP contribution < -0.4 is 10.4 Å². The monoisotopic (exact) mass is 507 g/mol. The van der Waals surface area contributed by atoms with Crippen LogP contribution in [0.3, 0.4) is 0 Å². The van der Waals surface area contributed by atoms with Crippen molar-refractivity contribution in [2.45, 2.75) is 39.0 Å².